The van der Waals surface area contributed by atoms with Gasteiger partial charge in [-0.15, -0.1) is 10.2 Å². The predicted octanol–water partition coefficient (Wildman–Crippen LogP) is 2.71. The second-order valence-corrected chi connectivity index (χ2v) is 7.12. The van der Waals surface area contributed by atoms with Crippen molar-refractivity contribution in [3.63, 3.8) is 0 Å². The highest BCUT2D eigenvalue weighted by atomic mass is 32.1. The van der Waals surface area contributed by atoms with E-state index in [1.807, 2.05) is 6.07 Å². The molecule has 1 aromatic carbocycles. The number of ether oxygens (including phenoxy) is 3. The van der Waals surface area contributed by atoms with Crippen LogP contribution in [0, 0.1) is 11.3 Å². The van der Waals surface area contributed by atoms with Gasteiger partial charge in [-0.25, -0.2) is 0 Å². The molecule has 29 heavy (non-hydrogen) atoms. The fourth-order valence-electron chi connectivity index (χ4n) is 2.97. The van der Waals surface area contributed by atoms with Crippen LogP contribution >= 0.6 is 11.3 Å². The van der Waals surface area contributed by atoms with Crippen molar-refractivity contribution in [3.8, 4) is 23.3 Å². The van der Waals surface area contributed by atoms with E-state index in [9.17, 15) is 10.1 Å². The number of methoxy groups -OCH3 is 3. The van der Waals surface area contributed by atoms with Crippen LogP contribution in [0.1, 0.15) is 18.4 Å². The quantitative estimate of drug-likeness (QED) is 0.543. The molecular formula is C19H21N5O4S. The third-order valence-electron chi connectivity index (χ3n) is 4.37. The van der Waals surface area contributed by atoms with Crippen LogP contribution in [0.15, 0.2) is 17.7 Å². The first-order valence-electron chi connectivity index (χ1n) is 8.91. The minimum Gasteiger partial charge on any atom is -0.493 e. The van der Waals surface area contributed by atoms with Gasteiger partial charge in [0, 0.05) is 13.1 Å². The summed E-state index contributed by atoms with van der Waals surface area (Å²) in [6.45, 7) is 1.88. The molecule has 0 bridgehead atoms. The maximum atomic E-state index is 12.5. The number of nitrogens with one attached hydrogen (secondary N) is 1. The second kappa shape index (κ2) is 9.25. The molecule has 0 radical (unpaired) electrons. The molecule has 1 saturated heterocycles. The van der Waals surface area contributed by atoms with Crippen LogP contribution in [0.4, 0.5) is 10.3 Å². The Balaban J connectivity index is 1.81. The summed E-state index contributed by atoms with van der Waals surface area (Å²) >= 11 is 1.29. The third-order valence-corrected chi connectivity index (χ3v) is 5.27. The summed E-state index contributed by atoms with van der Waals surface area (Å²) in [7, 11) is 4.49. The molecule has 2 aromatic rings. The molecule has 3 rings (SSSR count). The van der Waals surface area contributed by atoms with Crippen molar-refractivity contribution in [2.45, 2.75) is 12.8 Å². The minimum absolute atomic E-state index is 0.0859. The van der Waals surface area contributed by atoms with Gasteiger partial charge in [0.25, 0.3) is 5.91 Å². The van der Waals surface area contributed by atoms with E-state index in [0.717, 1.165) is 31.1 Å². The molecule has 1 aliphatic rings. The lowest BCUT2D eigenvalue weighted by atomic mass is 10.1. The van der Waals surface area contributed by atoms with Crippen LogP contribution in [0.25, 0.3) is 6.08 Å². The molecule has 1 fully saturated rings. The number of carbonyl (C=O) groups is 1. The molecule has 0 aliphatic carbocycles. The standard InChI is InChI=1S/C19H21N5O4S/c1-26-14-9-12(10-15(27-2)16(14)28-3)8-13(11-20)17(25)21-18-22-23-19(29-18)24-6-4-5-7-24/h8-10H,4-7H2,1-3H3,(H,21,22,25)/b13-8-. The Hall–Kier alpha value is -3.32. The Labute approximate surface area is 172 Å². The van der Waals surface area contributed by atoms with Gasteiger partial charge in [-0.2, -0.15) is 5.26 Å². The van der Waals surface area contributed by atoms with Crippen LogP contribution in [0.5, 0.6) is 17.2 Å². The molecule has 0 spiro atoms. The monoisotopic (exact) mass is 415 g/mol. The highest BCUT2D eigenvalue weighted by Crippen LogP contribution is 2.38. The molecule has 152 valence electrons. The number of hydrogen-bond donors (Lipinski definition) is 1. The number of nitriles is 1. The van der Waals surface area contributed by atoms with Crippen LogP contribution in [-0.2, 0) is 4.79 Å². The van der Waals surface area contributed by atoms with E-state index >= 15 is 0 Å². The lowest BCUT2D eigenvalue weighted by Crippen LogP contribution is -2.17. The van der Waals surface area contributed by atoms with E-state index in [1.54, 1.807) is 12.1 Å². The zero-order valence-electron chi connectivity index (χ0n) is 16.4. The van der Waals surface area contributed by atoms with E-state index in [4.69, 9.17) is 14.2 Å². The smallest absolute Gasteiger partial charge is 0.268 e. The largest absolute Gasteiger partial charge is 0.493 e. The molecule has 0 atom stereocenters. The van der Waals surface area contributed by atoms with Gasteiger partial charge in [0.15, 0.2) is 11.5 Å². The predicted molar refractivity (Wildman–Crippen MR) is 110 cm³/mol. The van der Waals surface area contributed by atoms with Crippen LogP contribution in [-0.4, -0.2) is 50.5 Å². The molecule has 9 nitrogen and oxygen atoms in total. The molecule has 2 heterocycles. The molecular weight excluding hydrogens is 394 g/mol. The van der Waals surface area contributed by atoms with Gasteiger partial charge in [-0.1, -0.05) is 11.3 Å². The topological polar surface area (TPSA) is 110 Å². The number of amides is 1. The summed E-state index contributed by atoms with van der Waals surface area (Å²) < 4.78 is 15.9. The summed E-state index contributed by atoms with van der Waals surface area (Å²) in [4.78, 5) is 14.7. The van der Waals surface area contributed by atoms with Gasteiger partial charge in [0.05, 0.1) is 21.3 Å². The summed E-state index contributed by atoms with van der Waals surface area (Å²) in [5.74, 6) is 0.717. The average Bonchev–Trinajstić information content (AvgIpc) is 3.42. The Morgan fingerprint density at radius 2 is 1.83 bits per heavy atom. The Bertz CT molecular complexity index is 935. The lowest BCUT2D eigenvalue weighted by Gasteiger charge is -2.13. The van der Waals surface area contributed by atoms with Crippen molar-refractivity contribution >= 4 is 33.6 Å². The maximum absolute atomic E-state index is 12.5. The van der Waals surface area contributed by atoms with Crippen molar-refractivity contribution in [2.75, 3.05) is 44.6 Å². The normalized spacial score (nSPS) is 13.7. The van der Waals surface area contributed by atoms with Crippen molar-refractivity contribution in [3.05, 3.63) is 23.3 Å². The number of carbonyl (C=O) groups excluding carboxylic acids is 1. The molecule has 10 heteroatoms. The minimum atomic E-state index is -0.564. The van der Waals surface area contributed by atoms with Crippen molar-refractivity contribution in [2.24, 2.45) is 0 Å². The van der Waals surface area contributed by atoms with Crippen molar-refractivity contribution in [1.29, 1.82) is 5.26 Å². The Morgan fingerprint density at radius 1 is 1.17 bits per heavy atom. The average molecular weight is 415 g/mol. The molecule has 1 aliphatic heterocycles. The number of aromatic nitrogens is 2. The van der Waals surface area contributed by atoms with Gasteiger partial charge in [0.2, 0.25) is 16.0 Å². The van der Waals surface area contributed by atoms with Crippen LogP contribution < -0.4 is 24.4 Å². The highest BCUT2D eigenvalue weighted by Gasteiger charge is 2.19. The number of benzene rings is 1. The second-order valence-electron chi connectivity index (χ2n) is 6.17. The summed E-state index contributed by atoms with van der Waals surface area (Å²) in [6.07, 6.45) is 3.69. The first-order chi connectivity index (χ1) is 14.1. The fraction of sp³-hybridized carbons (Fsp3) is 0.368. The Kier molecular flexibility index (Phi) is 6.51. The summed E-state index contributed by atoms with van der Waals surface area (Å²) in [5, 5.41) is 21.3. The maximum Gasteiger partial charge on any atom is 0.268 e. The van der Waals surface area contributed by atoms with Crippen molar-refractivity contribution in [1.82, 2.24) is 10.2 Å². The number of anilines is 2. The van der Waals surface area contributed by atoms with E-state index in [0.29, 0.717) is 27.9 Å². The molecule has 0 unspecified atom stereocenters. The number of rotatable bonds is 7. The van der Waals surface area contributed by atoms with E-state index in [2.05, 4.69) is 20.4 Å². The van der Waals surface area contributed by atoms with Gasteiger partial charge >= 0.3 is 0 Å². The molecule has 1 aromatic heterocycles. The van der Waals surface area contributed by atoms with Gasteiger partial charge in [0.1, 0.15) is 11.6 Å². The highest BCUT2D eigenvalue weighted by molar-refractivity contribution is 7.19. The first kappa shape index (κ1) is 20.4. The Morgan fingerprint density at radius 3 is 2.38 bits per heavy atom. The van der Waals surface area contributed by atoms with E-state index in [1.165, 1.54) is 38.7 Å². The number of nitrogens with zero attached hydrogens (tertiary/aromatic N) is 4. The third kappa shape index (κ3) is 4.57. The first-order valence-corrected chi connectivity index (χ1v) is 9.72. The van der Waals surface area contributed by atoms with Crippen LogP contribution in [0.2, 0.25) is 0 Å². The number of hydrogen-bond acceptors (Lipinski definition) is 9. The zero-order chi connectivity index (χ0) is 20.8. The lowest BCUT2D eigenvalue weighted by molar-refractivity contribution is -0.112. The van der Waals surface area contributed by atoms with Crippen LogP contribution in [0.3, 0.4) is 0 Å². The molecule has 1 N–H and O–H groups in total. The zero-order valence-corrected chi connectivity index (χ0v) is 17.2. The van der Waals surface area contributed by atoms with Gasteiger partial charge in [-0.3, -0.25) is 10.1 Å². The van der Waals surface area contributed by atoms with Gasteiger partial charge in [-0.05, 0) is 36.6 Å². The fourth-order valence-corrected chi connectivity index (χ4v) is 3.76. The van der Waals surface area contributed by atoms with Crippen molar-refractivity contribution < 1.29 is 19.0 Å². The van der Waals surface area contributed by atoms with E-state index in [-0.39, 0.29) is 5.57 Å². The molecule has 1 amide bonds. The van der Waals surface area contributed by atoms with Gasteiger partial charge < -0.3 is 19.1 Å². The summed E-state index contributed by atoms with van der Waals surface area (Å²) in [6, 6.07) is 5.23. The molecule has 0 saturated carbocycles. The summed E-state index contributed by atoms with van der Waals surface area (Å²) in [5.41, 5.74) is 0.471. The van der Waals surface area contributed by atoms with E-state index < -0.39 is 5.91 Å². The SMILES string of the molecule is COc1cc(/C=C(/C#N)C(=O)Nc2nnc(N3CCCC3)s2)cc(OC)c1OC.